The van der Waals surface area contributed by atoms with Crippen molar-refractivity contribution >= 4 is 5.78 Å². The monoisotopic (exact) mass is 278 g/mol. The zero-order valence-electron chi connectivity index (χ0n) is 10.7. The lowest BCUT2D eigenvalue weighted by molar-refractivity contribution is -0.116. The molecule has 1 aromatic carbocycles. The van der Waals surface area contributed by atoms with Crippen molar-refractivity contribution in [2.75, 3.05) is 0 Å². The molecule has 104 valence electrons. The SMILES string of the molecule is O=C(Cc1ccccc1)C1=C(C(F)(F)F)C=CC=CC1. The van der Waals surface area contributed by atoms with Crippen LogP contribution in [-0.2, 0) is 11.2 Å². The zero-order valence-corrected chi connectivity index (χ0v) is 10.7. The molecule has 1 aromatic rings. The number of Topliss-reactive ketones (excluding diaryl/α,β-unsaturated/α-hetero) is 1. The molecule has 0 radical (unpaired) electrons. The molecule has 0 N–H and O–H groups in total. The van der Waals surface area contributed by atoms with Crippen molar-refractivity contribution < 1.29 is 18.0 Å². The van der Waals surface area contributed by atoms with E-state index < -0.39 is 17.5 Å². The van der Waals surface area contributed by atoms with Gasteiger partial charge in [-0.15, -0.1) is 0 Å². The summed E-state index contributed by atoms with van der Waals surface area (Å²) in [7, 11) is 0. The first-order chi connectivity index (χ1) is 9.48. The number of alkyl halides is 3. The van der Waals surface area contributed by atoms with Gasteiger partial charge < -0.3 is 0 Å². The van der Waals surface area contributed by atoms with Gasteiger partial charge in [-0.25, -0.2) is 0 Å². The number of benzene rings is 1. The van der Waals surface area contributed by atoms with Crippen molar-refractivity contribution in [3.8, 4) is 0 Å². The Hall–Kier alpha value is -2.10. The molecule has 4 heteroatoms. The van der Waals surface area contributed by atoms with Crippen molar-refractivity contribution in [1.29, 1.82) is 0 Å². The molecular weight excluding hydrogens is 265 g/mol. The Balaban J connectivity index is 2.31. The average molecular weight is 278 g/mol. The third-order valence-electron chi connectivity index (χ3n) is 3.01. The van der Waals surface area contributed by atoms with Crippen LogP contribution in [0.1, 0.15) is 12.0 Å². The summed E-state index contributed by atoms with van der Waals surface area (Å²) in [5.74, 6) is -0.486. The number of ketones is 1. The van der Waals surface area contributed by atoms with Gasteiger partial charge in [-0.3, -0.25) is 4.79 Å². The molecule has 2 rings (SSSR count). The highest BCUT2D eigenvalue weighted by Gasteiger charge is 2.36. The molecule has 1 aliphatic rings. The lowest BCUT2D eigenvalue weighted by Crippen LogP contribution is -2.17. The molecule has 0 amide bonds. The summed E-state index contributed by atoms with van der Waals surface area (Å²) in [5, 5.41) is 0. The fraction of sp³-hybridized carbons (Fsp3) is 0.188. The van der Waals surface area contributed by atoms with E-state index in [1.54, 1.807) is 36.4 Å². The molecule has 0 saturated carbocycles. The van der Waals surface area contributed by atoms with E-state index in [4.69, 9.17) is 0 Å². The Labute approximate surface area is 115 Å². The summed E-state index contributed by atoms with van der Waals surface area (Å²) in [5.41, 5.74) is -0.307. The van der Waals surface area contributed by atoms with Crippen LogP contribution in [0.4, 0.5) is 13.2 Å². The molecular formula is C16H13F3O. The molecule has 20 heavy (non-hydrogen) atoms. The van der Waals surface area contributed by atoms with Gasteiger partial charge in [0.2, 0.25) is 0 Å². The smallest absolute Gasteiger partial charge is 0.294 e. The van der Waals surface area contributed by atoms with E-state index in [-0.39, 0.29) is 18.4 Å². The zero-order chi connectivity index (χ0) is 14.6. The van der Waals surface area contributed by atoms with Crippen LogP contribution >= 0.6 is 0 Å². The van der Waals surface area contributed by atoms with E-state index in [1.807, 2.05) is 0 Å². The maximum Gasteiger partial charge on any atom is 0.416 e. The fourth-order valence-corrected chi connectivity index (χ4v) is 2.04. The van der Waals surface area contributed by atoms with Crippen LogP contribution in [0.5, 0.6) is 0 Å². The summed E-state index contributed by atoms with van der Waals surface area (Å²) in [4.78, 5) is 12.2. The maximum absolute atomic E-state index is 13.0. The highest BCUT2D eigenvalue weighted by atomic mass is 19.4. The van der Waals surface area contributed by atoms with Crippen LogP contribution in [0.3, 0.4) is 0 Å². The second-order valence-corrected chi connectivity index (χ2v) is 4.47. The highest BCUT2D eigenvalue weighted by Crippen LogP contribution is 2.32. The number of halogens is 3. The third-order valence-corrected chi connectivity index (χ3v) is 3.01. The number of allylic oxidation sites excluding steroid dienone is 6. The predicted octanol–water partition coefficient (Wildman–Crippen LogP) is 4.17. The number of hydrogen-bond donors (Lipinski definition) is 0. The van der Waals surface area contributed by atoms with Gasteiger partial charge in [0.15, 0.2) is 5.78 Å². The van der Waals surface area contributed by atoms with Gasteiger partial charge in [0, 0.05) is 12.0 Å². The standard InChI is InChI=1S/C16H13F3O/c17-16(18,19)14-10-6-2-5-9-13(14)15(20)11-12-7-3-1-4-8-12/h1-8,10H,9,11H2. The van der Waals surface area contributed by atoms with Gasteiger partial charge in [-0.05, 0) is 18.1 Å². The van der Waals surface area contributed by atoms with Crippen molar-refractivity contribution in [2.24, 2.45) is 0 Å². The van der Waals surface area contributed by atoms with Crippen LogP contribution in [0, 0.1) is 0 Å². The number of carbonyl (C=O) groups excluding carboxylic acids is 1. The Morgan fingerprint density at radius 1 is 1.10 bits per heavy atom. The number of carbonyl (C=O) groups is 1. The Kier molecular flexibility index (Phi) is 4.23. The van der Waals surface area contributed by atoms with Crippen LogP contribution in [0.25, 0.3) is 0 Å². The lowest BCUT2D eigenvalue weighted by Gasteiger charge is -2.13. The minimum absolute atomic E-state index is 0.00745. The molecule has 1 aliphatic carbocycles. The van der Waals surface area contributed by atoms with Crippen LogP contribution in [-0.4, -0.2) is 12.0 Å². The van der Waals surface area contributed by atoms with Gasteiger partial charge in [-0.1, -0.05) is 48.6 Å². The third kappa shape index (κ3) is 3.47. The van der Waals surface area contributed by atoms with Gasteiger partial charge in [-0.2, -0.15) is 13.2 Å². The first kappa shape index (κ1) is 14.3. The van der Waals surface area contributed by atoms with E-state index in [0.717, 1.165) is 6.08 Å². The van der Waals surface area contributed by atoms with Crippen LogP contribution in [0.2, 0.25) is 0 Å². The summed E-state index contributed by atoms with van der Waals surface area (Å²) < 4.78 is 38.9. The fourth-order valence-electron chi connectivity index (χ4n) is 2.04. The second-order valence-electron chi connectivity index (χ2n) is 4.47. The summed E-state index contributed by atoms with van der Waals surface area (Å²) in [6, 6.07) is 8.77. The van der Waals surface area contributed by atoms with E-state index >= 15 is 0 Å². The average Bonchev–Trinajstić information content (AvgIpc) is 2.65. The molecule has 0 heterocycles. The number of rotatable bonds is 3. The van der Waals surface area contributed by atoms with Crippen LogP contribution in [0.15, 0.2) is 65.8 Å². The minimum Gasteiger partial charge on any atom is -0.294 e. The first-order valence-electron chi connectivity index (χ1n) is 6.19. The predicted molar refractivity (Wildman–Crippen MR) is 71.1 cm³/mol. The summed E-state index contributed by atoms with van der Waals surface area (Å²) >= 11 is 0. The largest absolute Gasteiger partial charge is 0.416 e. The minimum atomic E-state index is -4.51. The summed E-state index contributed by atoms with van der Waals surface area (Å²) in [6.45, 7) is 0. The van der Waals surface area contributed by atoms with E-state index in [1.165, 1.54) is 12.2 Å². The van der Waals surface area contributed by atoms with Crippen LogP contribution < -0.4 is 0 Å². The molecule has 0 bridgehead atoms. The lowest BCUT2D eigenvalue weighted by atomic mass is 9.96. The highest BCUT2D eigenvalue weighted by molar-refractivity contribution is 5.98. The van der Waals surface area contributed by atoms with Crippen molar-refractivity contribution in [2.45, 2.75) is 19.0 Å². The Morgan fingerprint density at radius 3 is 2.45 bits per heavy atom. The van der Waals surface area contributed by atoms with Gasteiger partial charge >= 0.3 is 6.18 Å². The molecule has 0 aromatic heterocycles. The second kappa shape index (κ2) is 5.90. The normalized spacial score (nSPS) is 15.3. The van der Waals surface area contributed by atoms with E-state index in [2.05, 4.69) is 0 Å². The molecule has 0 aliphatic heterocycles. The number of hydrogen-bond acceptors (Lipinski definition) is 1. The van der Waals surface area contributed by atoms with Gasteiger partial charge in [0.25, 0.3) is 0 Å². The van der Waals surface area contributed by atoms with Gasteiger partial charge in [0.1, 0.15) is 0 Å². The van der Waals surface area contributed by atoms with Crippen molar-refractivity contribution in [1.82, 2.24) is 0 Å². The Morgan fingerprint density at radius 2 is 1.80 bits per heavy atom. The maximum atomic E-state index is 13.0. The Bertz CT molecular complexity index is 577. The molecule has 1 nitrogen and oxygen atoms in total. The topological polar surface area (TPSA) is 17.1 Å². The molecule has 0 spiro atoms. The van der Waals surface area contributed by atoms with E-state index in [9.17, 15) is 18.0 Å². The summed E-state index contributed by atoms with van der Waals surface area (Å²) in [6.07, 6.45) is 0.838. The van der Waals surface area contributed by atoms with Crippen molar-refractivity contribution in [3.05, 3.63) is 71.3 Å². The quantitative estimate of drug-likeness (QED) is 0.811. The van der Waals surface area contributed by atoms with E-state index in [0.29, 0.717) is 5.56 Å². The molecule has 0 atom stereocenters. The first-order valence-corrected chi connectivity index (χ1v) is 6.19. The molecule has 0 unspecified atom stereocenters. The van der Waals surface area contributed by atoms with Gasteiger partial charge in [0.05, 0.1) is 5.57 Å². The molecule has 0 saturated heterocycles. The van der Waals surface area contributed by atoms with Crippen molar-refractivity contribution in [3.63, 3.8) is 0 Å². The molecule has 0 fully saturated rings.